The van der Waals surface area contributed by atoms with Gasteiger partial charge < -0.3 is 25.5 Å². The molecule has 2 aliphatic heterocycles. The van der Waals surface area contributed by atoms with Gasteiger partial charge in [-0.05, 0) is 86.1 Å². The average molecular weight is 621 g/mol. The zero-order valence-corrected chi connectivity index (χ0v) is 26.5. The van der Waals surface area contributed by atoms with Crippen LogP contribution in [-0.2, 0) is 51.3 Å². The first-order valence-electron chi connectivity index (χ1n) is 14.8. The third-order valence-corrected chi connectivity index (χ3v) is 9.06. The SMILES string of the molecule is C=CC1=C(C)C(Cc2[nH]c(Cc3[nH]c(CC4=C(CCS)[C@H](C)C(=O)N4)c(C)c3CCC(=O)O)c(CCC(=O)O)c2C)=NC1=O. The van der Waals surface area contributed by atoms with Crippen LogP contribution in [0.4, 0.5) is 0 Å². The Balaban J connectivity index is 1.74. The molecule has 0 aliphatic carbocycles. The normalized spacial score (nSPS) is 16.7. The summed E-state index contributed by atoms with van der Waals surface area (Å²) in [6, 6.07) is 0. The van der Waals surface area contributed by atoms with Crippen molar-refractivity contribution in [3.05, 3.63) is 80.1 Å². The van der Waals surface area contributed by atoms with Gasteiger partial charge in [0.25, 0.3) is 5.91 Å². The number of hydrogen-bond donors (Lipinski definition) is 6. The van der Waals surface area contributed by atoms with Crippen molar-refractivity contribution in [3.63, 3.8) is 0 Å². The number of carbonyl (C=O) groups excluding carboxylic acids is 2. The highest BCUT2D eigenvalue weighted by molar-refractivity contribution is 7.80. The maximum Gasteiger partial charge on any atom is 0.303 e. The molecule has 0 fully saturated rings. The molecule has 11 heteroatoms. The summed E-state index contributed by atoms with van der Waals surface area (Å²) in [5.41, 5.74) is 10.8. The van der Waals surface area contributed by atoms with Gasteiger partial charge in [-0.3, -0.25) is 19.2 Å². The van der Waals surface area contributed by atoms with E-state index in [4.69, 9.17) is 0 Å². The van der Waals surface area contributed by atoms with Crippen molar-refractivity contribution in [2.24, 2.45) is 10.9 Å². The van der Waals surface area contributed by atoms with Crippen molar-refractivity contribution in [1.82, 2.24) is 15.3 Å². The summed E-state index contributed by atoms with van der Waals surface area (Å²) in [6.07, 6.45) is 3.98. The quantitative estimate of drug-likeness (QED) is 0.161. The number of hydrogen-bond acceptors (Lipinski definition) is 5. The van der Waals surface area contributed by atoms with Gasteiger partial charge in [0, 0.05) is 66.1 Å². The van der Waals surface area contributed by atoms with Crippen LogP contribution in [0.5, 0.6) is 0 Å². The van der Waals surface area contributed by atoms with E-state index in [1.165, 1.54) is 6.08 Å². The minimum Gasteiger partial charge on any atom is -0.481 e. The van der Waals surface area contributed by atoms with Gasteiger partial charge in [-0.2, -0.15) is 12.6 Å². The Bertz CT molecular complexity index is 1640. The van der Waals surface area contributed by atoms with Gasteiger partial charge >= 0.3 is 11.9 Å². The van der Waals surface area contributed by atoms with E-state index in [1.54, 1.807) is 0 Å². The molecule has 0 radical (unpaired) electrons. The predicted molar refractivity (Wildman–Crippen MR) is 171 cm³/mol. The van der Waals surface area contributed by atoms with Gasteiger partial charge in [-0.15, -0.1) is 0 Å². The molecular weight excluding hydrogens is 580 g/mol. The lowest BCUT2D eigenvalue weighted by Crippen LogP contribution is -2.20. The summed E-state index contributed by atoms with van der Waals surface area (Å²) in [4.78, 5) is 59.2. The number of thiol groups is 1. The topological polar surface area (TPSA) is 165 Å². The second-order valence-corrected chi connectivity index (χ2v) is 11.9. The van der Waals surface area contributed by atoms with E-state index >= 15 is 0 Å². The van der Waals surface area contributed by atoms with E-state index in [1.807, 2.05) is 27.7 Å². The summed E-state index contributed by atoms with van der Waals surface area (Å²) in [7, 11) is 0. The van der Waals surface area contributed by atoms with Crippen LogP contribution in [-0.4, -0.2) is 55.4 Å². The Morgan fingerprint density at radius 3 is 1.91 bits per heavy atom. The number of aromatic nitrogens is 2. The molecule has 5 N–H and O–H groups in total. The summed E-state index contributed by atoms with van der Waals surface area (Å²) in [6.45, 7) is 11.4. The van der Waals surface area contributed by atoms with E-state index < -0.39 is 11.9 Å². The summed E-state index contributed by atoms with van der Waals surface area (Å²) >= 11 is 4.37. The Kier molecular flexibility index (Phi) is 10.2. The minimum atomic E-state index is -0.906. The molecule has 1 atom stereocenters. The molecule has 0 aromatic carbocycles. The second-order valence-electron chi connectivity index (χ2n) is 11.5. The Hall–Kier alpha value is -4.12. The highest BCUT2D eigenvalue weighted by Crippen LogP contribution is 2.32. The van der Waals surface area contributed by atoms with E-state index in [2.05, 4.69) is 39.5 Å². The largest absolute Gasteiger partial charge is 0.481 e. The fourth-order valence-corrected chi connectivity index (χ4v) is 6.47. The van der Waals surface area contributed by atoms with E-state index in [0.29, 0.717) is 55.6 Å². The molecule has 2 aromatic rings. The van der Waals surface area contributed by atoms with Crippen LogP contribution >= 0.6 is 12.6 Å². The van der Waals surface area contributed by atoms with E-state index in [9.17, 15) is 29.4 Å². The summed E-state index contributed by atoms with van der Waals surface area (Å²) < 4.78 is 0. The maximum atomic E-state index is 12.5. The fraction of sp³-hybridized carbons (Fsp3) is 0.424. The van der Waals surface area contributed by atoms with Gasteiger partial charge in [0.2, 0.25) is 5.91 Å². The van der Waals surface area contributed by atoms with Gasteiger partial charge in [-0.1, -0.05) is 12.7 Å². The van der Waals surface area contributed by atoms with Crippen LogP contribution < -0.4 is 5.32 Å². The van der Waals surface area contributed by atoms with Crippen LogP contribution in [0.2, 0.25) is 0 Å². The van der Waals surface area contributed by atoms with Crippen LogP contribution in [0.25, 0.3) is 0 Å². The smallest absolute Gasteiger partial charge is 0.303 e. The van der Waals surface area contributed by atoms with Gasteiger partial charge in [-0.25, -0.2) is 4.99 Å². The number of carboxylic acids is 2. The molecule has 234 valence electrons. The second kappa shape index (κ2) is 13.7. The first-order valence-corrected chi connectivity index (χ1v) is 15.4. The van der Waals surface area contributed by atoms with Crippen molar-refractivity contribution >= 4 is 42.1 Å². The van der Waals surface area contributed by atoms with Crippen molar-refractivity contribution < 1.29 is 29.4 Å². The number of carboxylic acid groups (broad SMARTS) is 2. The molecule has 2 aromatic heterocycles. The molecule has 4 rings (SSSR count). The number of amides is 2. The zero-order valence-electron chi connectivity index (χ0n) is 25.6. The molecule has 0 spiro atoms. The highest BCUT2D eigenvalue weighted by atomic mass is 32.1. The van der Waals surface area contributed by atoms with Gasteiger partial charge in [0.15, 0.2) is 0 Å². The Morgan fingerprint density at radius 1 is 0.886 bits per heavy atom. The number of aliphatic imine (C=N–C) groups is 1. The van der Waals surface area contributed by atoms with Crippen molar-refractivity contribution in [1.29, 1.82) is 0 Å². The number of nitrogens with zero attached hydrogens (tertiary/aromatic N) is 1. The van der Waals surface area contributed by atoms with Crippen molar-refractivity contribution in [3.8, 4) is 0 Å². The molecule has 0 bridgehead atoms. The number of allylic oxidation sites excluding steroid dienone is 2. The Labute approximate surface area is 262 Å². The van der Waals surface area contributed by atoms with Crippen LogP contribution in [0.1, 0.15) is 78.1 Å². The number of rotatable bonds is 15. The van der Waals surface area contributed by atoms with Gasteiger partial charge in [0.05, 0.1) is 11.6 Å². The molecule has 44 heavy (non-hydrogen) atoms. The summed E-state index contributed by atoms with van der Waals surface area (Å²) in [5.74, 6) is -1.77. The first-order chi connectivity index (χ1) is 20.9. The lowest BCUT2D eigenvalue weighted by Gasteiger charge is -2.08. The zero-order chi connectivity index (χ0) is 32.3. The van der Waals surface area contributed by atoms with Gasteiger partial charge in [0.1, 0.15) is 0 Å². The molecule has 2 amide bonds. The summed E-state index contributed by atoms with van der Waals surface area (Å²) in [5, 5.41) is 22.0. The lowest BCUT2D eigenvalue weighted by atomic mass is 9.96. The monoisotopic (exact) mass is 620 g/mol. The standard InChI is InChI=1S/C33H40N4O6S/c1-6-20-16(2)26(36-33(20)43)13-24-17(3)21(7-9-30(38)39)27(34-24)15-28-22(8-10-31(40)41)18(4)25(35-28)14-29-23(11-12-44)19(5)32(42)37-29/h6,19,34-35,44H,1,7-15H2,2-5H3,(H,37,42)(H,38,39)(H,40,41)/t19-/m0/s1. The van der Waals surface area contributed by atoms with Crippen LogP contribution in [0, 0.1) is 19.8 Å². The predicted octanol–water partition coefficient (Wildman–Crippen LogP) is 4.49. The van der Waals surface area contributed by atoms with E-state index in [0.717, 1.165) is 61.9 Å². The number of aromatic amines is 2. The Morgan fingerprint density at radius 2 is 1.43 bits per heavy atom. The maximum absolute atomic E-state index is 12.5. The number of nitrogens with one attached hydrogen (secondary N) is 3. The van der Waals surface area contributed by atoms with Crippen molar-refractivity contribution in [2.45, 2.75) is 79.1 Å². The number of carbonyl (C=O) groups is 4. The lowest BCUT2D eigenvalue weighted by molar-refractivity contribution is -0.138. The van der Waals surface area contributed by atoms with Crippen LogP contribution in [0.3, 0.4) is 0 Å². The first kappa shape index (κ1) is 32.8. The molecule has 2 aliphatic rings. The fourth-order valence-electron chi connectivity index (χ4n) is 6.23. The molecule has 0 saturated carbocycles. The third kappa shape index (κ3) is 6.83. The highest BCUT2D eigenvalue weighted by Gasteiger charge is 2.30. The number of H-pyrrole nitrogens is 2. The third-order valence-electron chi connectivity index (χ3n) is 8.84. The molecule has 10 nitrogen and oxygen atoms in total. The van der Waals surface area contributed by atoms with Crippen LogP contribution in [0.15, 0.2) is 40.1 Å². The molecule has 4 heterocycles. The van der Waals surface area contributed by atoms with E-state index in [-0.39, 0.29) is 30.6 Å². The number of aliphatic carboxylic acids is 2. The minimum absolute atomic E-state index is 0.0383. The molecule has 0 saturated heterocycles. The van der Waals surface area contributed by atoms with Crippen molar-refractivity contribution in [2.75, 3.05) is 5.75 Å². The molecular formula is C33H40N4O6S. The molecule has 0 unspecified atom stereocenters. The average Bonchev–Trinajstić information content (AvgIpc) is 3.60.